The Balaban J connectivity index is 1.29. The van der Waals surface area contributed by atoms with Gasteiger partial charge in [-0.3, -0.25) is 14.4 Å². The molecule has 6 N–H and O–H groups in total. The highest BCUT2D eigenvalue weighted by Crippen LogP contribution is 2.29. The van der Waals surface area contributed by atoms with Gasteiger partial charge in [0.1, 0.15) is 29.6 Å². The molecule has 0 radical (unpaired) electrons. The maximum Gasteiger partial charge on any atom is 0.245 e. The Morgan fingerprint density at radius 2 is 1.97 bits per heavy atom. The lowest BCUT2D eigenvalue weighted by Crippen LogP contribution is -2.38. The number of anilines is 1. The average Bonchev–Trinajstić information content (AvgIpc) is 3.59. The number of hydrazone groups is 1. The fraction of sp³-hybridized carbons (Fsp3) is 0.333. The summed E-state index contributed by atoms with van der Waals surface area (Å²) in [5.41, 5.74) is 7.13. The van der Waals surface area contributed by atoms with E-state index in [9.17, 15) is 14.4 Å². The van der Waals surface area contributed by atoms with Gasteiger partial charge in [0.25, 0.3) is 0 Å². The van der Waals surface area contributed by atoms with Crippen LogP contribution >= 0.6 is 0 Å². The zero-order valence-corrected chi connectivity index (χ0v) is 19.6. The van der Waals surface area contributed by atoms with E-state index < -0.39 is 6.04 Å². The van der Waals surface area contributed by atoms with Gasteiger partial charge in [0.2, 0.25) is 17.7 Å². The number of ketones is 1. The van der Waals surface area contributed by atoms with Crippen molar-refractivity contribution in [3.63, 3.8) is 0 Å². The predicted molar refractivity (Wildman–Crippen MR) is 130 cm³/mol. The van der Waals surface area contributed by atoms with Gasteiger partial charge in [-0.25, -0.2) is 5.01 Å². The first-order chi connectivity index (χ1) is 16.8. The van der Waals surface area contributed by atoms with Crippen molar-refractivity contribution in [3.8, 4) is 5.75 Å². The molecule has 1 aliphatic carbocycles. The van der Waals surface area contributed by atoms with Crippen LogP contribution in [-0.2, 0) is 14.4 Å². The zero-order valence-electron chi connectivity index (χ0n) is 19.6. The first kappa shape index (κ1) is 24.0. The van der Waals surface area contributed by atoms with Crippen molar-refractivity contribution in [3.05, 3.63) is 60.2 Å². The van der Waals surface area contributed by atoms with Crippen LogP contribution in [0.2, 0.25) is 0 Å². The number of amides is 2. The number of rotatable bonds is 9. The van der Waals surface area contributed by atoms with Gasteiger partial charge in [-0.1, -0.05) is 0 Å². The molecule has 0 bridgehead atoms. The fourth-order valence-electron chi connectivity index (χ4n) is 3.35. The molecule has 2 aliphatic heterocycles. The number of carbonyl (C=O) groups excluding carboxylic acids is 3. The van der Waals surface area contributed by atoms with Crippen molar-refractivity contribution in [2.24, 2.45) is 16.8 Å². The van der Waals surface area contributed by atoms with E-state index in [1.807, 2.05) is 6.08 Å². The van der Waals surface area contributed by atoms with E-state index in [1.54, 1.807) is 54.6 Å². The van der Waals surface area contributed by atoms with Crippen LogP contribution in [0.25, 0.3) is 0 Å². The summed E-state index contributed by atoms with van der Waals surface area (Å²) < 4.78 is 5.83. The normalized spacial score (nSPS) is 19.6. The minimum atomic E-state index is -0.874. The monoisotopic (exact) mass is 479 g/mol. The minimum Gasteiger partial charge on any atom is -0.438 e. The summed E-state index contributed by atoms with van der Waals surface area (Å²) in [6.45, 7) is 3.40. The SMILES string of the molecule is CC(=O)CN/C(C)=C\C(N)C(=O)Nc1ccc(OC2=NN3C=C(NC(=O)C4CC4)NC3C=C2)cc1. The predicted octanol–water partition coefficient (Wildman–Crippen LogP) is 0.853. The largest absolute Gasteiger partial charge is 0.438 e. The second-order valence-corrected chi connectivity index (χ2v) is 8.62. The molecule has 1 aromatic carbocycles. The summed E-state index contributed by atoms with van der Waals surface area (Å²) in [4.78, 5) is 35.3. The average molecular weight is 480 g/mol. The molecular weight excluding hydrogens is 450 g/mol. The number of nitrogens with zero attached hydrogens (tertiary/aromatic N) is 2. The number of nitrogens with one attached hydrogen (secondary N) is 4. The Labute approximate surface area is 203 Å². The number of nitrogens with two attached hydrogens (primary N) is 1. The van der Waals surface area contributed by atoms with Gasteiger partial charge in [0.15, 0.2) is 0 Å². The molecule has 0 spiro atoms. The molecule has 2 unspecified atom stereocenters. The zero-order chi connectivity index (χ0) is 24.9. The molecule has 1 fully saturated rings. The van der Waals surface area contributed by atoms with Gasteiger partial charge in [-0.05, 0) is 63.1 Å². The Bertz CT molecular complexity index is 1120. The highest BCUT2D eigenvalue weighted by atomic mass is 16.5. The minimum absolute atomic E-state index is 0.0109. The van der Waals surface area contributed by atoms with Crippen molar-refractivity contribution < 1.29 is 19.1 Å². The van der Waals surface area contributed by atoms with Gasteiger partial charge >= 0.3 is 0 Å². The third-order valence-corrected chi connectivity index (χ3v) is 5.38. The van der Waals surface area contributed by atoms with Gasteiger partial charge in [-0.15, -0.1) is 5.10 Å². The molecule has 11 heteroatoms. The lowest BCUT2D eigenvalue weighted by molar-refractivity contribution is -0.121. The molecular formula is C24H29N7O4. The van der Waals surface area contributed by atoms with E-state index in [0.29, 0.717) is 28.9 Å². The van der Waals surface area contributed by atoms with E-state index >= 15 is 0 Å². The third kappa shape index (κ3) is 6.70. The van der Waals surface area contributed by atoms with Crippen LogP contribution in [0, 0.1) is 5.92 Å². The van der Waals surface area contributed by atoms with Crippen LogP contribution in [0.15, 0.2) is 65.3 Å². The van der Waals surface area contributed by atoms with Crippen molar-refractivity contribution in [1.82, 2.24) is 21.0 Å². The molecule has 1 aromatic rings. The number of fused-ring (bicyclic) bond motifs is 1. The second kappa shape index (κ2) is 10.4. The molecule has 4 rings (SSSR count). The van der Waals surface area contributed by atoms with Gasteiger partial charge in [0.05, 0.1) is 12.7 Å². The van der Waals surface area contributed by atoms with Crippen LogP contribution in [0.3, 0.4) is 0 Å². The summed E-state index contributed by atoms with van der Waals surface area (Å²) in [6.07, 6.45) is 8.60. The lowest BCUT2D eigenvalue weighted by atomic mass is 10.2. The van der Waals surface area contributed by atoms with Gasteiger partial charge in [-0.2, -0.15) is 0 Å². The second-order valence-electron chi connectivity index (χ2n) is 8.62. The van der Waals surface area contributed by atoms with E-state index in [1.165, 1.54) is 6.92 Å². The molecule has 1 saturated carbocycles. The number of hydrogen-bond acceptors (Lipinski definition) is 9. The van der Waals surface area contributed by atoms with Gasteiger partial charge < -0.3 is 31.7 Å². The van der Waals surface area contributed by atoms with E-state index in [2.05, 4.69) is 26.4 Å². The lowest BCUT2D eigenvalue weighted by Gasteiger charge is -2.22. The molecule has 11 nitrogen and oxygen atoms in total. The van der Waals surface area contributed by atoms with Crippen LogP contribution in [0.4, 0.5) is 5.69 Å². The quantitative estimate of drug-likeness (QED) is 0.350. The molecule has 0 aromatic heterocycles. The third-order valence-electron chi connectivity index (χ3n) is 5.38. The molecule has 184 valence electrons. The van der Waals surface area contributed by atoms with Gasteiger partial charge in [0, 0.05) is 23.4 Å². The van der Waals surface area contributed by atoms with Crippen molar-refractivity contribution >= 4 is 29.2 Å². The number of allylic oxidation sites excluding steroid dienone is 1. The van der Waals surface area contributed by atoms with E-state index in [0.717, 1.165) is 12.8 Å². The molecule has 35 heavy (non-hydrogen) atoms. The Morgan fingerprint density at radius 1 is 1.23 bits per heavy atom. The number of ether oxygens (including phenoxy) is 1. The summed E-state index contributed by atoms with van der Waals surface area (Å²) >= 11 is 0. The number of carbonyl (C=O) groups is 3. The number of benzene rings is 1. The van der Waals surface area contributed by atoms with E-state index in [-0.39, 0.29) is 36.2 Å². The molecule has 2 heterocycles. The maximum atomic E-state index is 12.3. The topological polar surface area (TPSA) is 150 Å². The number of hydrogen-bond donors (Lipinski definition) is 5. The Morgan fingerprint density at radius 3 is 2.66 bits per heavy atom. The Hall–Kier alpha value is -4.12. The molecule has 2 amide bonds. The van der Waals surface area contributed by atoms with Crippen LogP contribution in [0.5, 0.6) is 5.75 Å². The summed E-state index contributed by atoms with van der Waals surface area (Å²) in [5, 5.41) is 17.8. The Kier molecular flexibility index (Phi) is 7.16. The highest BCUT2D eigenvalue weighted by molar-refractivity contribution is 5.96. The van der Waals surface area contributed by atoms with Crippen LogP contribution in [0.1, 0.15) is 26.7 Å². The van der Waals surface area contributed by atoms with Crippen molar-refractivity contribution in [1.29, 1.82) is 0 Å². The standard InChI is InChI=1S/C24H29N7O4/c1-14(26-12-15(2)32)11-19(25)24(34)27-17-5-7-18(8-6-17)35-22-10-9-21-28-20(13-31(21)30-22)29-23(33)16-3-4-16/h5-11,13,16,19,21,26,28H,3-4,12,25H2,1-2H3,(H,27,34)(H,29,33)/b14-11-. The maximum absolute atomic E-state index is 12.3. The first-order valence-electron chi connectivity index (χ1n) is 11.4. The smallest absolute Gasteiger partial charge is 0.245 e. The van der Waals surface area contributed by atoms with Crippen LogP contribution < -0.4 is 31.7 Å². The summed E-state index contributed by atoms with van der Waals surface area (Å²) in [5.74, 6) is 1.28. The fourth-order valence-corrected chi connectivity index (χ4v) is 3.35. The van der Waals surface area contributed by atoms with Crippen molar-refractivity contribution in [2.75, 3.05) is 11.9 Å². The van der Waals surface area contributed by atoms with Crippen molar-refractivity contribution in [2.45, 2.75) is 38.9 Å². The molecule has 0 saturated heterocycles. The first-order valence-corrected chi connectivity index (χ1v) is 11.4. The van der Waals surface area contributed by atoms with E-state index in [4.69, 9.17) is 10.5 Å². The molecule has 3 aliphatic rings. The summed E-state index contributed by atoms with van der Waals surface area (Å²) in [6, 6.07) is 5.93. The molecule has 2 atom stereocenters. The highest BCUT2D eigenvalue weighted by Gasteiger charge is 2.32. The number of Topliss-reactive ketones (excluding diaryl/α,β-unsaturated/α-hetero) is 1. The summed E-state index contributed by atoms with van der Waals surface area (Å²) in [7, 11) is 0. The van der Waals surface area contributed by atoms with Crippen LogP contribution in [-0.4, -0.2) is 47.3 Å².